The molecule has 0 aliphatic carbocycles. The van der Waals surface area contributed by atoms with Gasteiger partial charge in [-0.05, 0) is 61.2 Å². The lowest BCUT2D eigenvalue weighted by Gasteiger charge is -2.23. The smallest absolute Gasteiger partial charge is 0.246 e. The number of likely N-dealkylation sites (tertiary alicyclic amines) is 2. The molecule has 3 heteroatoms. The van der Waals surface area contributed by atoms with E-state index in [1.54, 1.807) is 6.08 Å². The predicted octanol–water partition coefficient (Wildman–Crippen LogP) is 4.06. The van der Waals surface area contributed by atoms with Crippen LogP contribution in [-0.2, 0) is 4.79 Å². The normalized spacial score (nSPS) is 20.9. The monoisotopic (exact) mass is 346 g/mol. The summed E-state index contributed by atoms with van der Waals surface area (Å²) in [5.41, 5.74) is 3.44. The zero-order valence-corrected chi connectivity index (χ0v) is 15.2. The lowest BCUT2D eigenvalue weighted by molar-refractivity contribution is -0.125. The maximum atomic E-state index is 12.6. The van der Waals surface area contributed by atoms with Gasteiger partial charge < -0.3 is 4.90 Å². The van der Waals surface area contributed by atoms with Crippen LogP contribution in [-0.4, -0.2) is 47.9 Å². The molecule has 3 nitrogen and oxygen atoms in total. The summed E-state index contributed by atoms with van der Waals surface area (Å²) >= 11 is 0. The third-order valence-corrected chi connectivity index (χ3v) is 5.54. The minimum Gasteiger partial charge on any atom is -0.338 e. The Bertz CT molecular complexity index is 778. The first kappa shape index (κ1) is 17.0. The molecule has 1 amide bonds. The Morgan fingerprint density at radius 3 is 2.50 bits per heavy atom. The van der Waals surface area contributed by atoms with Gasteiger partial charge in [0.25, 0.3) is 0 Å². The van der Waals surface area contributed by atoms with E-state index in [4.69, 9.17) is 0 Å². The first-order valence-electron chi connectivity index (χ1n) is 9.66. The Hall–Kier alpha value is -2.39. The van der Waals surface area contributed by atoms with Gasteiger partial charge >= 0.3 is 0 Å². The summed E-state index contributed by atoms with van der Waals surface area (Å²) in [4.78, 5) is 17.1. The predicted molar refractivity (Wildman–Crippen MR) is 107 cm³/mol. The largest absolute Gasteiger partial charge is 0.338 e. The maximum absolute atomic E-state index is 12.6. The number of nitrogens with zero attached hydrogens (tertiary/aromatic N) is 2. The van der Waals surface area contributed by atoms with Crippen LogP contribution in [0, 0.1) is 0 Å². The molecule has 0 aromatic heterocycles. The lowest BCUT2D eigenvalue weighted by Crippen LogP contribution is -2.36. The van der Waals surface area contributed by atoms with Gasteiger partial charge in [-0.15, -0.1) is 0 Å². The second-order valence-corrected chi connectivity index (χ2v) is 7.29. The molecule has 2 aromatic rings. The Morgan fingerprint density at radius 2 is 1.69 bits per heavy atom. The van der Waals surface area contributed by atoms with E-state index in [-0.39, 0.29) is 5.91 Å². The summed E-state index contributed by atoms with van der Waals surface area (Å²) in [5.74, 6) is 0.136. The van der Waals surface area contributed by atoms with E-state index >= 15 is 0 Å². The number of rotatable bonds is 4. The molecule has 2 aromatic carbocycles. The topological polar surface area (TPSA) is 23.6 Å². The molecular formula is C23H26N2O. The molecule has 0 radical (unpaired) electrons. The van der Waals surface area contributed by atoms with Crippen molar-refractivity contribution < 1.29 is 4.79 Å². The van der Waals surface area contributed by atoms with E-state index < -0.39 is 0 Å². The van der Waals surface area contributed by atoms with E-state index in [0.717, 1.165) is 25.1 Å². The van der Waals surface area contributed by atoms with Gasteiger partial charge in [-0.3, -0.25) is 9.69 Å². The summed E-state index contributed by atoms with van der Waals surface area (Å²) in [6, 6.07) is 19.2. The SMILES string of the molecule is O=C(/C=C/c1cccc(-c2ccccc2)c1)N1CCC(N2CCCC2)C1. The van der Waals surface area contributed by atoms with Crippen molar-refractivity contribution in [2.24, 2.45) is 0 Å². The van der Waals surface area contributed by atoms with Crippen LogP contribution in [0.25, 0.3) is 17.2 Å². The van der Waals surface area contributed by atoms with Crippen LogP contribution in [0.5, 0.6) is 0 Å². The van der Waals surface area contributed by atoms with Gasteiger partial charge in [-0.1, -0.05) is 48.5 Å². The van der Waals surface area contributed by atoms with Crippen molar-refractivity contribution in [1.82, 2.24) is 9.80 Å². The molecular weight excluding hydrogens is 320 g/mol. The molecule has 26 heavy (non-hydrogen) atoms. The highest BCUT2D eigenvalue weighted by molar-refractivity contribution is 5.92. The number of amides is 1. The van der Waals surface area contributed by atoms with E-state index in [0.29, 0.717) is 6.04 Å². The van der Waals surface area contributed by atoms with Gasteiger partial charge in [0.15, 0.2) is 0 Å². The Labute approximate surface area is 155 Å². The fourth-order valence-electron chi connectivity index (χ4n) is 4.07. The van der Waals surface area contributed by atoms with Crippen molar-refractivity contribution in [3.05, 3.63) is 66.2 Å². The highest BCUT2D eigenvalue weighted by Crippen LogP contribution is 2.22. The third-order valence-electron chi connectivity index (χ3n) is 5.54. The average Bonchev–Trinajstić information content (AvgIpc) is 3.38. The molecule has 1 atom stereocenters. The molecule has 2 fully saturated rings. The van der Waals surface area contributed by atoms with E-state index in [1.807, 2.05) is 41.3 Å². The van der Waals surface area contributed by atoms with Crippen molar-refractivity contribution in [3.63, 3.8) is 0 Å². The Morgan fingerprint density at radius 1 is 0.923 bits per heavy atom. The molecule has 2 aliphatic rings. The summed E-state index contributed by atoms with van der Waals surface area (Å²) in [7, 11) is 0. The molecule has 0 bridgehead atoms. The number of hydrogen-bond donors (Lipinski definition) is 0. The van der Waals surface area contributed by atoms with Gasteiger partial charge in [-0.2, -0.15) is 0 Å². The van der Waals surface area contributed by atoms with Gasteiger partial charge in [-0.25, -0.2) is 0 Å². The van der Waals surface area contributed by atoms with E-state index in [1.165, 1.54) is 37.1 Å². The Kier molecular flexibility index (Phi) is 5.16. The quantitative estimate of drug-likeness (QED) is 0.780. The maximum Gasteiger partial charge on any atom is 0.246 e. The van der Waals surface area contributed by atoms with Crippen molar-refractivity contribution in [3.8, 4) is 11.1 Å². The van der Waals surface area contributed by atoms with Gasteiger partial charge in [0, 0.05) is 25.2 Å². The first-order chi connectivity index (χ1) is 12.8. The number of carbonyl (C=O) groups is 1. The fourth-order valence-corrected chi connectivity index (χ4v) is 4.07. The first-order valence-corrected chi connectivity index (χ1v) is 9.66. The van der Waals surface area contributed by atoms with Crippen LogP contribution in [0.1, 0.15) is 24.8 Å². The number of hydrogen-bond acceptors (Lipinski definition) is 2. The minimum absolute atomic E-state index is 0.136. The number of benzene rings is 2. The molecule has 0 N–H and O–H groups in total. The standard InChI is InChI=1S/C23H26N2O/c26-23(25-16-13-22(18-25)24-14-4-5-15-24)12-11-19-7-6-10-21(17-19)20-8-2-1-3-9-20/h1-3,6-12,17,22H,4-5,13-16,18H2/b12-11+. The fraction of sp³-hybridized carbons (Fsp3) is 0.348. The highest BCUT2D eigenvalue weighted by atomic mass is 16.2. The molecule has 0 saturated carbocycles. The molecule has 4 rings (SSSR count). The van der Waals surface area contributed by atoms with Crippen molar-refractivity contribution in [1.29, 1.82) is 0 Å². The molecule has 2 aliphatic heterocycles. The van der Waals surface area contributed by atoms with Crippen molar-refractivity contribution in [2.75, 3.05) is 26.2 Å². The molecule has 1 unspecified atom stereocenters. The second kappa shape index (κ2) is 7.88. The van der Waals surface area contributed by atoms with Crippen LogP contribution < -0.4 is 0 Å². The van der Waals surface area contributed by atoms with Crippen LogP contribution in [0.15, 0.2) is 60.7 Å². The third kappa shape index (κ3) is 3.88. The van der Waals surface area contributed by atoms with Gasteiger partial charge in [0.2, 0.25) is 5.91 Å². The molecule has 2 heterocycles. The van der Waals surface area contributed by atoms with Crippen LogP contribution in [0.4, 0.5) is 0 Å². The highest BCUT2D eigenvalue weighted by Gasteiger charge is 2.30. The van der Waals surface area contributed by atoms with Crippen molar-refractivity contribution >= 4 is 12.0 Å². The van der Waals surface area contributed by atoms with Gasteiger partial charge in [0.1, 0.15) is 0 Å². The van der Waals surface area contributed by atoms with E-state index in [9.17, 15) is 4.79 Å². The van der Waals surface area contributed by atoms with Crippen molar-refractivity contribution in [2.45, 2.75) is 25.3 Å². The summed E-state index contributed by atoms with van der Waals surface area (Å²) in [6.45, 7) is 4.17. The summed E-state index contributed by atoms with van der Waals surface area (Å²) in [5, 5.41) is 0. The molecule has 134 valence electrons. The summed E-state index contributed by atoms with van der Waals surface area (Å²) in [6.07, 6.45) is 7.40. The van der Waals surface area contributed by atoms with Crippen LogP contribution >= 0.6 is 0 Å². The summed E-state index contributed by atoms with van der Waals surface area (Å²) < 4.78 is 0. The zero-order chi connectivity index (χ0) is 17.8. The molecule has 0 spiro atoms. The lowest BCUT2D eigenvalue weighted by atomic mass is 10.0. The Balaban J connectivity index is 1.39. The van der Waals surface area contributed by atoms with Crippen LogP contribution in [0.2, 0.25) is 0 Å². The van der Waals surface area contributed by atoms with Crippen LogP contribution in [0.3, 0.4) is 0 Å². The minimum atomic E-state index is 0.136. The zero-order valence-electron chi connectivity index (χ0n) is 15.2. The second-order valence-electron chi connectivity index (χ2n) is 7.29. The molecule has 2 saturated heterocycles. The average molecular weight is 346 g/mol. The van der Waals surface area contributed by atoms with Gasteiger partial charge in [0.05, 0.1) is 0 Å². The van der Waals surface area contributed by atoms with E-state index in [2.05, 4.69) is 29.2 Å². The number of carbonyl (C=O) groups excluding carboxylic acids is 1.